The second-order valence-electron chi connectivity index (χ2n) is 7.27. The zero-order valence-corrected chi connectivity index (χ0v) is 17.7. The van der Waals surface area contributed by atoms with Crippen molar-refractivity contribution in [3.63, 3.8) is 0 Å². The van der Waals surface area contributed by atoms with E-state index in [9.17, 15) is 9.59 Å². The molecule has 5 aromatic rings. The second-order valence-corrected chi connectivity index (χ2v) is 7.68. The Morgan fingerprint density at radius 1 is 1.00 bits per heavy atom. The van der Waals surface area contributed by atoms with E-state index in [4.69, 9.17) is 11.6 Å². The third-order valence-electron chi connectivity index (χ3n) is 5.27. The fraction of sp³-hybridized carbons (Fsp3) is 0.0870. The standard InChI is InChI=1S/C23H17ClN6O2/c1-13(29-21-19-20(25-11-27-21)26-12-28-22(19)31)17-10-14-6-5-9-16(24)18(14)23(32)30(17)15-7-3-2-4-8-15/h2-13H,1H3,(H2,25,26,27,28,29,31). The number of aromatic nitrogens is 5. The zero-order valence-electron chi connectivity index (χ0n) is 16.9. The molecule has 0 fully saturated rings. The molecule has 0 bridgehead atoms. The summed E-state index contributed by atoms with van der Waals surface area (Å²) in [6.45, 7) is 1.89. The highest BCUT2D eigenvalue weighted by molar-refractivity contribution is 6.35. The van der Waals surface area contributed by atoms with Crippen LogP contribution in [0.1, 0.15) is 18.7 Å². The van der Waals surface area contributed by atoms with E-state index in [1.807, 2.05) is 55.5 Å². The smallest absolute Gasteiger partial charge is 0.264 e. The van der Waals surface area contributed by atoms with E-state index in [2.05, 4.69) is 25.3 Å². The maximum absolute atomic E-state index is 13.6. The van der Waals surface area contributed by atoms with Crippen LogP contribution in [0.3, 0.4) is 0 Å². The van der Waals surface area contributed by atoms with Crippen LogP contribution in [-0.4, -0.2) is 24.5 Å². The molecule has 2 aromatic carbocycles. The van der Waals surface area contributed by atoms with E-state index in [0.29, 0.717) is 27.6 Å². The Morgan fingerprint density at radius 2 is 1.81 bits per heavy atom. The lowest BCUT2D eigenvalue weighted by Crippen LogP contribution is -2.26. The van der Waals surface area contributed by atoms with Gasteiger partial charge in [-0.25, -0.2) is 15.0 Å². The lowest BCUT2D eigenvalue weighted by molar-refractivity contribution is 0.774. The molecule has 0 aliphatic heterocycles. The van der Waals surface area contributed by atoms with Gasteiger partial charge in [0.15, 0.2) is 5.65 Å². The van der Waals surface area contributed by atoms with E-state index < -0.39 is 6.04 Å². The number of rotatable bonds is 4. The fourth-order valence-electron chi connectivity index (χ4n) is 3.80. The molecule has 0 amide bonds. The number of para-hydroxylation sites is 1. The van der Waals surface area contributed by atoms with Crippen LogP contribution < -0.4 is 16.4 Å². The molecule has 3 heterocycles. The predicted molar refractivity (Wildman–Crippen MR) is 125 cm³/mol. The van der Waals surface area contributed by atoms with Crippen molar-refractivity contribution < 1.29 is 0 Å². The van der Waals surface area contributed by atoms with Gasteiger partial charge in [-0.2, -0.15) is 0 Å². The maximum atomic E-state index is 13.6. The van der Waals surface area contributed by atoms with Gasteiger partial charge in [0.25, 0.3) is 11.1 Å². The number of anilines is 1. The molecule has 5 rings (SSSR count). The minimum absolute atomic E-state index is 0.227. The minimum atomic E-state index is -0.399. The molecule has 158 valence electrons. The topological polar surface area (TPSA) is 106 Å². The molecule has 32 heavy (non-hydrogen) atoms. The van der Waals surface area contributed by atoms with Gasteiger partial charge in [0.1, 0.15) is 17.5 Å². The van der Waals surface area contributed by atoms with Crippen LogP contribution in [0.2, 0.25) is 5.02 Å². The van der Waals surface area contributed by atoms with E-state index in [0.717, 1.165) is 5.39 Å². The molecule has 1 atom stereocenters. The molecule has 8 nitrogen and oxygen atoms in total. The van der Waals surface area contributed by atoms with E-state index in [1.165, 1.54) is 12.7 Å². The molecule has 0 saturated heterocycles. The zero-order chi connectivity index (χ0) is 22.2. The number of benzene rings is 2. The van der Waals surface area contributed by atoms with Crippen LogP contribution in [0.15, 0.2) is 76.8 Å². The number of nitrogens with one attached hydrogen (secondary N) is 2. The van der Waals surface area contributed by atoms with Gasteiger partial charge in [-0.3, -0.25) is 14.2 Å². The average Bonchev–Trinajstić information content (AvgIpc) is 2.79. The summed E-state index contributed by atoms with van der Waals surface area (Å²) < 4.78 is 1.62. The summed E-state index contributed by atoms with van der Waals surface area (Å²) >= 11 is 6.38. The average molecular weight is 445 g/mol. The molecular formula is C23H17ClN6O2. The molecule has 0 radical (unpaired) electrons. The molecule has 9 heteroatoms. The highest BCUT2D eigenvalue weighted by atomic mass is 35.5. The molecule has 3 aromatic heterocycles. The van der Waals surface area contributed by atoms with Gasteiger partial charge >= 0.3 is 0 Å². The Bertz CT molecular complexity index is 1570. The Balaban J connectivity index is 1.72. The Hall–Kier alpha value is -4.04. The van der Waals surface area contributed by atoms with E-state index in [1.54, 1.807) is 10.6 Å². The Morgan fingerprint density at radius 3 is 2.62 bits per heavy atom. The molecule has 2 N–H and O–H groups in total. The third kappa shape index (κ3) is 3.30. The van der Waals surface area contributed by atoms with Gasteiger partial charge in [-0.05, 0) is 36.6 Å². The first-order valence-electron chi connectivity index (χ1n) is 9.89. The predicted octanol–water partition coefficient (Wildman–Crippen LogP) is 3.84. The number of hydrogen-bond acceptors (Lipinski definition) is 6. The van der Waals surface area contributed by atoms with Crippen molar-refractivity contribution in [2.45, 2.75) is 13.0 Å². The first-order chi connectivity index (χ1) is 15.5. The molecule has 0 saturated carbocycles. The molecule has 0 aliphatic rings. The SMILES string of the molecule is CC(Nc1ncnc2nc[nH]c(=O)c12)c1cc2cccc(Cl)c2c(=O)n1-c1ccccc1. The van der Waals surface area contributed by atoms with Crippen molar-refractivity contribution in [1.29, 1.82) is 0 Å². The summed E-state index contributed by atoms with van der Waals surface area (Å²) in [5.41, 5.74) is 1.09. The van der Waals surface area contributed by atoms with Gasteiger partial charge in [0, 0.05) is 11.4 Å². The Kier molecular flexibility index (Phi) is 4.91. The molecule has 0 aliphatic carbocycles. The maximum Gasteiger partial charge on any atom is 0.264 e. The van der Waals surface area contributed by atoms with Crippen LogP contribution in [0, 0.1) is 0 Å². The van der Waals surface area contributed by atoms with Crippen LogP contribution in [0.5, 0.6) is 0 Å². The second kappa shape index (κ2) is 7.90. The lowest BCUT2D eigenvalue weighted by Gasteiger charge is -2.21. The monoisotopic (exact) mass is 444 g/mol. The number of nitrogens with zero attached hydrogens (tertiary/aromatic N) is 4. The van der Waals surface area contributed by atoms with Gasteiger partial charge in [-0.15, -0.1) is 0 Å². The molecular weight excluding hydrogens is 428 g/mol. The lowest BCUT2D eigenvalue weighted by atomic mass is 10.1. The van der Waals surface area contributed by atoms with Crippen molar-refractivity contribution in [3.8, 4) is 5.69 Å². The first-order valence-corrected chi connectivity index (χ1v) is 10.3. The summed E-state index contributed by atoms with van der Waals surface area (Å²) in [7, 11) is 0. The van der Waals surface area contributed by atoms with E-state index >= 15 is 0 Å². The third-order valence-corrected chi connectivity index (χ3v) is 5.59. The van der Waals surface area contributed by atoms with Gasteiger partial charge in [-0.1, -0.05) is 41.9 Å². The Labute approximate surface area is 186 Å². The van der Waals surface area contributed by atoms with Crippen molar-refractivity contribution in [2.75, 3.05) is 5.32 Å². The van der Waals surface area contributed by atoms with Crippen molar-refractivity contribution >= 4 is 39.2 Å². The molecule has 1 unspecified atom stereocenters. The van der Waals surface area contributed by atoms with Gasteiger partial charge in [0.05, 0.1) is 22.8 Å². The number of aromatic amines is 1. The van der Waals surface area contributed by atoms with Gasteiger partial charge in [0.2, 0.25) is 0 Å². The number of fused-ring (bicyclic) bond motifs is 2. The van der Waals surface area contributed by atoms with Crippen molar-refractivity contribution in [3.05, 3.63) is 98.7 Å². The summed E-state index contributed by atoms with van der Waals surface area (Å²) in [6.07, 6.45) is 2.64. The van der Waals surface area contributed by atoms with Crippen LogP contribution >= 0.6 is 11.6 Å². The fourth-order valence-corrected chi connectivity index (χ4v) is 4.06. The minimum Gasteiger partial charge on any atom is -0.361 e. The number of H-pyrrole nitrogens is 1. The normalized spacial score (nSPS) is 12.2. The quantitative estimate of drug-likeness (QED) is 0.436. The van der Waals surface area contributed by atoms with Gasteiger partial charge < -0.3 is 10.3 Å². The van der Waals surface area contributed by atoms with Crippen LogP contribution in [-0.2, 0) is 0 Å². The summed E-state index contributed by atoms with van der Waals surface area (Å²) in [4.78, 5) is 40.9. The summed E-state index contributed by atoms with van der Waals surface area (Å²) in [5.74, 6) is 0.329. The molecule has 0 spiro atoms. The number of hydrogen-bond donors (Lipinski definition) is 2. The summed E-state index contributed by atoms with van der Waals surface area (Å²) in [5, 5.41) is 5.07. The highest BCUT2D eigenvalue weighted by Gasteiger charge is 2.19. The highest BCUT2D eigenvalue weighted by Crippen LogP contribution is 2.27. The van der Waals surface area contributed by atoms with Crippen LogP contribution in [0.25, 0.3) is 27.5 Å². The van der Waals surface area contributed by atoms with Crippen molar-refractivity contribution in [2.24, 2.45) is 0 Å². The number of pyridine rings is 1. The summed E-state index contributed by atoms with van der Waals surface area (Å²) in [6, 6.07) is 16.2. The first kappa shape index (κ1) is 19.9. The van der Waals surface area contributed by atoms with Crippen LogP contribution in [0.4, 0.5) is 5.82 Å². The largest absolute Gasteiger partial charge is 0.361 e. The van der Waals surface area contributed by atoms with Crippen molar-refractivity contribution in [1.82, 2.24) is 24.5 Å². The van der Waals surface area contributed by atoms with E-state index in [-0.39, 0.29) is 22.2 Å². The number of halogens is 1.